The molecule has 4 nitrogen and oxygen atoms in total. The lowest BCUT2D eigenvalue weighted by molar-refractivity contribution is -0.137. The summed E-state index contributed by atoms with van der Waals surface area (Å²) in [5.74, 6) is -0.339. The van der Waals surface area contributed by atoms with Gasteiger partial charge in [-0.25, -0.2) is 9.49 Å². The van der Waals surface area contributed by atoms with Crippen LogP contribution in [-0.4, -0.2) is 21.1 Å². The maximum atomic E-state index is 13.9. The number of aromatic amines is 1. The zero-order valence-electron chi connectivity index (χ0n) is 12.5. The van der Waals surface area contributed by atoms with Gasteiger partial charge in [-0.1, -0.05) is 24.3 Å². The SMILES string of the molecule is Fc1ccccc1-c1n[nH]c(=S)n1N=Cc1ccc(C(F)(F)F)cc1. The van der Waals surface area contributed by atoms with Crippen molar-refractivity contribution >= 4 is 18.4 Å². The molecule has 1 heterocycles. The molecule has 0 fully saturated rings. The van der Waals surface area contributed by atoms with Gasteiger partial charge in [-0.05, 0) is 42.0 Å². The van der Waals surface area contributed by atoms with E-state index in [-0.39, 0.29) is 16.2 Å². The molecule has 0 radical (unpaired) electrons. The van der Waals surface area contributed by atoms with Crippen LogP contribution in [0.25, 0.3) is 11.4 Å². The van der Waals surface area contributed by atoms with Gasteiger partial charge in [0.05, 0.1) is 17.3 Å². The van der Waals surface area contributed by atoms with Crippen LogP contribution in [0, 0.1) is 10.6 Å². The summed E-state index contributed by atoms with van der Waals surface area (Å²) >= 11 is 5.06. The van der Waals surface area contributed by atoms with Gasteiger partial charge in [0.1, 0.15) is 5.82 Å². The Hall–Kier alpha value is -2.81. The van der Waals surface area contributed by atoms with Crippen molar-refractivity contribution < 1.29 is 17.6 Å². The normalized spacial score (nSPS) is 12.0. The molecular weight excluding hydrogens is 356 g/mol. The number of aromatic nitrogens is 3. The molecule has 0 spiro atoms. The number of rotatable bonds is 3. The molecule has 0 unspecified atom stereocenters. The summed E-state index contributed by atoms with van der Waals surface area (Å²) in [7, 11) is 0. The van der Waals surface area contributed by atoms with E-state index in [0.29, 0.717) is 5.56 Å². The van der Waals surface area contributed by atoms with Crippen LogP contribution in [0.15, 0.2) is 53.6 Å². The van der Waals surface area contributed by atoms with Crippen molar-refractivity contribution in [3.8, 4) is 11.4 Å². The Morgan fingerprint density at radius 1 is 1.08 bits per heavy atom. The Kier molecular flexibility index (Phi) is 4.49. The van der Waals surface area contributed by atoms with Crippen LogP contribution in [0.4, 0.5) is 17.6 Å². The molecule has 0 saturated carbocycles. The van der Waals surface area contributed by atoms with Gasteiger partial charge in [0.2, 0.25) is 4.77 Å². The molecule has 3 aromatic rings. The Balaban J connectivity index is 1.94. The first-order chi connectivity index (χ1) is 11.9. The molecule has 0 aliphatic carbocycles. The van der Waals surface area contributed by atoms with E-state index in [1.54, 1.807) is 6.07 Å². The summed E-state index contributed by atoms with van der Waals surface area (Å²) in [6.07, 6.45) is -3.09. The first-order valence-corrected chi connectivity index (χ1v) is 7.41. The lowest BCUT2D eigenvalue weighted by Gasteiger charge is -2.06. The van der Waals surface area contributed by atoms with Crippen molar-refractivity contribution in [2.45, 2.75) is 6.18 Å². The Morgan fingerprint density at radius 2 is 1.76 bits per heavy atom. The van der Waals surface area contributed by atoms with Crippen LogP contribution in [0.1, 0.15) is 11.1 Å². The first-order valence-electron chi connectivity index (χ1n) is 7.00. The largest absolute Gasteiger partial charge is 0.416 e. The van der Waals surface area contributed by atoms with Crippen LogP contribution >= 0.6 is 12.2 Å². The van der Waals surface area contributed by atoms with Crippen LogP contribution in [0.2, 0.25) is 0 Å². The molecule has 0 aliphatic rings. The fourth-order valence-electron chi connectivity index (χ4n) is 2.10. The highest BCUT2D eigenvalue weighted by atomic mass is 32.1. The highest BCUT2D eigenvalue weighted by Crippen LogP contribution is 2.29. The quantitative estimate of drug-likeness (QED) is 0.417. The first kappa shape index (κ1) is 17.0. The average molecular weight is 366 g/mol. The standard InChI is InChI=1S/C16H10F4N4S/c17-13-4-2-1-3-12(13)14-22-23-15(25)24(14)21-9-10-5-7-11(8-6-10)16(18,19)20/h1-9H,(H,23,25). The van der Waals surface area contributed by atoms with Gasteiger partial charge in [0.15, 0.2) is 5.82 Å². The summed E-state index contributed by atoms with van der Waals surface area (Å²) in [6.45, 7) is 0. The fourth-order valence-corrected chi connectivity index (χ4v) is 2.28. The number of nitrogens with zero attached hydrogens (tertiary/aromatic N) is 3. The summed E-state index contributed by atoms with van der Waals surface area (Å²) < 4.78 is 52.9. The van der Waals surface area contributed by atoms with E-state index >= 15 is 0 Å². The third kappa shape index (κ3) is 3.66. The fraction of sp³-hybridized carbons (Fsp3) is 0.0625. The van der Waals surface area contributed by atoms with Crippen LogP contribution < -0.4 is 0 Å². The van der Waals surface area contributed by atoms with Crippen LogP contribution in [-0.2, 0) is 6.18 Å². The lowest BCUT2D eigenvalue weighted by Crippen LogP contribution is -2.04. The van der Waals surface area contributed by atoms with Crippen molar-refractivity contribution in [3.05, 3.63) is 70.2 Å². The Bertz CT molecular complexity index is 971. The monoisotopic (exact) mass is 366 g/mol. The number of hydrogen-bond acceptors (Lipinski definition) is 3. The second kappa shape index (κ2) is 6.60. The van der Waals surface area contributed by atoms with Crippen molar-refractivity contribution in [1.29, 1.82) is 0 Å². The molecule has 2 aromatic carbocycles. The minimum atomic E-state index is -4.40. The summed E-state index contributed by atoms with van der Waals surface area (Å²) in [4.78, 5) is 0. The molecular formula is C16H10F4N4S. The van der Waals surface area contributed by atoms with Gasteiger partial charge in [0, 0.05) is 0 Å². The number of benzene rings is 2. The second-order valence-corrected chi connectivity index (χ2v) is 5.40. The van der Waals surface area contributed by atoms with Gasteiger partial charge in [-0.15, -0.1) is 0 Å². The second-order valence-electron chi connectivity index (χ2n) is 5.01. The van der Waals surface area contributed by atoms with E-state index in [4.69, 9.17) is 12.2 Å². The van der Waals surface area contributed by atoms with Crippen molar-refractivity contribution in [3.63, 3.8) is 0 Å². The topological polar surface area (TPSA) is 46.0 Å². The third-order valence-corrected chi connectivity index (χ3v) is 3.59. The number of halogens is 4. The van der Waals surface area contributed by atoms with E-state index in [1.165, 1.54) is 41.2 Å². The van der Waals surface area contributed by atoms with Gasteiger partial charge >= 0.3 is 6.18 Å². The van der Waals surface area contributed by atoms with Crippen molar-refractivity contribution in [1.82, 2.24) is 14.9 Å². The maximum Gasteiger partial charge on any atom is 0.416 e. The van der Waals surface area contributed by atoms with E-state index in [1.807, 2.05) is 0 Å². The lowest BCUT2D eigenvalue weighted by atomic mass is 10.1. The predicted molar refractivity (Wildman–Crippen MR) is 87.2 cm³/mol. The van der Waals surface area contributed by atoms with Gasteiger partial charge in [-0.3, -0.25) is 0 Å². The van der Waals surface area contributed by atoms with Gasteiger partial charge in [0.25, 0.3) is 0 Å². The Morgan fingerprint density at radius 3 is 2.40 bits per heavy atom. The molecule has 9 heteroatoms. The molecule has 0 aliphatic heterocycles. The van der Waals surface area contributed by atoms with Crippen molar-refractivity contribution in [2.24, 2.45) is 5.10 Å². The zero-order chi connectivity index (χ0) is 18.0. The predicted octanol–water partition coefficient (Wildman–Crippen LogP) is 4.65. The number of alkyl halides is 3. The average Bonchev–Trinajstić information content (AvgIpc) is 2.93. The molecule has 0 atom stereocenters. The molecule has 25 heavy (non-hydrogen) atoms. The van der Waals surface area contributed by atoms with E-state index in [9.17, 15) is 17.6 Å². The maximum absolute atomic E-state index is 13.9. The number of H-pyrrole nitrogens is 1. The third-order valence-electron chi connectivity index (χ3n) is 3.33. The number of hydrogen-bond donors (Lipinski definition) is 1. The minimum absolute atomic E-state index is 0.126. The molecule has 128 valence electrons. The summed E-state index contributed by atoms with van der Waals surface area (Å²) in [6, 6.07) is 10.4. The molecule has 0 amide bonds. The van der Waals surface area contributed by atoms with Gasteiger partial charge in [-0.2, -0.15) is 28.0 Å². The molecule has 1 aromatic heterocycles. The number of nitrogens with one attached hydrogen (secondary N) is 1. The van der Waals surface area contributed by atoms with Crippen LogP contribution in [0.5, 0.6) is 0 Å². The van der Waals surface area contributed by atoms with E-state index in [0.717, 1.165) is 12.1 Å². The molecule has 1 N–H and O–H groups in total. The van der Waals surface area contributed by atoms with Crippen molar-refractivity contribution in [2.75, 3.05) is 0 Å². The molecule has 0 saturated heterocycles. The molecule has 3 rings (SSSR count). The molecule has 0 bridgehead atoms. The Labute approximate surface area is 144 Å². The van der Waals surface area contributed by atoms with E-state index < -0.39 is 17.6 Å². The van der Waals surface area contributed by atoms with Gasteiger partial charge < -0.3 is 0 Å². The zero-order valence-corrected chi connectivity index (χ0v) is 13.3. The van der Waals surface area contributed by atoms with Crippen LogP contribution in [0.3, 0.4) is 0 Å². The van der Waals surface area contributed by atoms with E-state index in [2.05, 4.69) is 15.3 Å². The summed E-state index contributed by atoms with van der Waals surface area (Å²) in [5.41, 5.74) is -0.133. The summed E-state index contributed by atoms with van der Waals surface area (Å²) in [5, 5.41) is 10.6. The minimum Gasteiger partial charge on any atom is -0.250 e. The highest BCUT2D eigenvalue weighted by molar-refractivity contribution is 7.71. The smallest absolute Gasteiger partial charge is 0.250 e. The highest BCUT2D eigenvalue weighted by Gasteiger charge is 2.29.